The van der Waals surface area contributed by atoms with Gasteiger partial charge in [-0.1, -0.05) is 13.3 Å². The number of non-ortho nitro benzene ring substituents is 1. The third-order valence-electron chi connectivity index (χ3n) is 2.44. The fourth-order valence-corrected chi connectivity index (χ4v) is 2.66. The van der Waals surface area contributed by atoms with Gasteiger partial charge in [-0.15, -0.1) is 0 Å². The lowest BCUT2D eigenvalue weighted by Crippen LogP contribution is -2.26. The highest BCUT2D eigenvalue weighted by atomic mass is 32.2. The van der Waals surface area contributed by atoms with Crippen molar-refractivity contribution < 1.29 is 13.3 Å². The molecule has 0 aliphatic rings. The average Bonchev–Trinajstić information content (AvgIpc) is 2.38. The lowest BCUT2D eigenvalue weighted by atomic mass is 10.3. The minimum atomic E-state index is -3.73. The molecule has 19 heavy (non-hydrogen) atoms. The molecule has 106 valence electrons. The fraction of sp³-hybridized carbons (Fsp3) is 0.400. The first kappa shape index (κ1) is 15.3. The van der Waals surface area contributed by atoms with Crippen molar-refractivity contribution in [3.8, 4) is 0 Å². The van der Waals surface area contributed by atoms with Crippen LogP contribution in [0.15, 0.2) is 23.1 Å². The van der Waals surface area contributed by atoms with Crippen molar-refractivity contribution in [2.24, 2.45) is 5.84 Å². The van der Waals surface area contributed by atoms with E-state index in [0.29, 0.717) is 13.0 Å². The maximum atomic E-state index is 12.0. The highest BCUT2D eigenvalue weighted by Gasteiger charge is 2.20. The molecule has 9 heteroatoms. The van der Waals surface area contributed by atoms with Gasteiger partial charge >= 0.3 is 0 Å². The average molecular weight is 288 g/mol. The van der Waals surface area contributed by atoms with Crippen LogP contribution in [0.25, 0.3) is 0 Å². The molecule has 0 saturated carbocycles. The van der Waals surface area contributed by atoms with Crippen molar-refractivity contribution in [3.63, 3.8) is 0 Å². The Morgan fingerprint density at radius 1 is 1.42 bits per heavy atom. The summed E-state index contributed by atoms with van der Waals surface area (Å²) in [5, 5.41) is 10.6. The van der Waals surface area contributed by atoms with Gasteiger partial charge in [0.1, 0.15) is 4.90 Å². The number of sulfonamides is 1. The van der Waals surface area contributed by atoms with Crippen molar-refractivity contribution in [3.05, 3.63) is 28.3 Å². The Kier molecular flexibility index (Phi) is 5.21. The summed E-state index contributed by atoms with van der Waals surface area (Å²) in [5.74, 6) is 5.21. The number of nitrogens with two attached hydrogens (primary N) is 1. The summed E-state index contributed by atoms with van der Waals surface area (Å²) in [5.41, 5.74) is 1.91. The van der Waals surface area contributed by atoms with Crippen LogP contribution < -0.4 is 16.0 Å². The minimum absolute atomic E-state index is 0.0156. The van der Waals surface area contributed by atoms with E-state index >= 15 is 0 Å². The number of nitrogens with zero attached hydrogens (tertiary/aromatic N) is 1. The first-order valence-corrected chi connectivity index (χ1v) is 7.15. The van der Waals surface area contributed by atoms with Crippen molar-refractivity contribution in [2.45, 2.75) is 24.7 Å². The topological polar surface area (TPSA) is 127 Å². The SMILES string of the molecule is CCCCNS(=O)(=O)c1ccc([N+](=O)[O-])cc1NN. The number of rotatable bonds is 7. The molecule has 0 saturated heterocycles. The minimum Gasteiger partial charge on any atom is -0.323 e. The number of unbranched alkanes of at least 4 members (excludes halogenated alkanes) is 1. The van der Waals surface area contributed by atoms with Gasteiger partial charge < -0.3 is 5.43 Å². The van der Waals surface area contributed by atoms with Crippen molar-refractivity contribution in [1.82, 2.24) is 4.72 Å². The Morgan fingerprint density at radius 2 is 2.11 bits per heavy atom. The molecule has 8 nitrogen and oxygen atoms in total. The predicted octanol–water partition coefficient (Wildman–Crippen LogP) is 0.959. The molecule has 1 rings (SSSR count). The molecule has 0 spiro atoms. The van der Waals surface area contributed by atoms with Crippen LogP contribution in [0, 0.1) is 10.1 Å². The lowest BCUT2D eigenvalue weighted by molar-refractivity contribution is -0.384. The van der Waals surface area contributed by atoms with E-state index in [2.05, 4.69) is 10.1 Å². The van der Waals surface area contributed by atoms with Gasteiger partial charge in [-0.25, -0.2) is 13.1 Å². The number of hydrogen-bond acceptors (Lipinski definition) is 6. The van der Waals surface area contributed by atoms with Gasteiger partial charge in [0.15, 0.2) is 0 Å². The first-order valence-electron chi connectivity index (χ1n) is 5.67. The normalized spacial score (nSPS) is 11.3. The standard InChI is InChI=1S/C10H16N4O4S/c1-2-3-6-12-19(17,18)10-5-4-8(14(15)16)7-9(10)13-11/h4-5,7,12-13H,2-3,6,11H2,1H3. The monoisotopic (exact) mass is 288 g/mol. The fourth-order valence-electron chi connectivity index (χ4n) is 1.44. The summed E-state index contributed by atoms with van der Waals surface area (Å²) in [6.45, 7) is 2.24. The van der Waals surface area contributed by atoms with Crippen molar-refractivity contribution >= 4 is 21.4 Å². The van der Waals surface area contributed by atoms with Gasteiger partial charge in [0.25, 0.3) is 5.69 Å². The highest BCUT2D eigenvalue weighted by molar-refractivity contribution is 7.89. The van der Waals surface area contributed by atoms with Gasteiger partial charge in [0.2, 0.25) is 10.0 Å². The maximum Gasteiger partial charge on any atom is 0.271 e. The Morgan fingerprint density at radius 3 is 2.63 bits per heavy atom. The zero-order valence-corrected chi connectivity index (χ0v) is 11.2. The third-order valence-corrected chi connectivity index (χ3v) is 3.96. The van der Waals surface area contributed by atoms with E-state index in [1.807, 2.05) is 6.92 Å². The summed E-state index contributed by atoms with van der Waals surface area (Å²) in [6, 6.07) is 3.35. The molecule has 0 bridgehead atoms. The Balaban J connectivity index is 3.09. The van der Waals surface area contributed by atoms with Crippen LogP contribution in [0.4, 0.5) is 11.4 Å². The molecule has 0 fully saturated rings. The van der Waals surface area contributed by atoms with E-state index in [1.165, 1.54) is 0 Å². The molecule has 1 aromatic carbocycles. The molecule has 0 amide bonds. The third kappa shape index (κ3) is 3.88. The van der Waals surface area contributed by atoms with E-state index < -0.39 is 14.9 Å². The number of anilines is 1. The summed E-state index contributed by atoms with van der Waals surface area (Å²) >= 11 is 0. The molecule has 0 heterocycles. The quantitative estimate of drug-likeness (QED) is 0.297. The van der Waals surface area contributed by atoms with Gasteiger partial charge in [-0.05, 0) is 12.5 Å². The van der Waals surface area contributed by atoms with E-state index in [-0.39, 0.29) is 16.3 Å². The van der Waals surface area contributed by atoms with Crippen LogP contribution >= 0.6 is 0 Å². The Labute approximate surface area is 111 Å². The summed E-state index contributed by atoms with van der Waals surface area (Å²) < 4.78 is 26.4. The Bertz CT molecular complexity index is 559. The van der Waals surface area contributed by atoms with Gasteiger partial charge in [0, 0.05) is 18.7 Å². The van der Waals surface area contributed by atoms with E-state index in [9.17, 15) is 18.5 Å². The first-order chi connectivity index (χ1) is 8.92. The molecular weight excluding hydrogens is 272 g/mol. The number of hydrazine groups is 1. The number of benzene rings is 1. The molecule has 4 N–H and O–H groups in total. The van der Waals surface area contributed by atoms with Crippen molar-refractivity contribution in [1.29, 1.82) is 0 Å². The number of hydrogen-bond donors (Lipinski definition) is 3. The summed E-state index contributed by atoms with van der Waals surface area (Å²) in [6.07, 6.45) is 1.56. The van der Waals surface area contributed by atoms with Crippen molar-refractivity contribution in [2.75, 3.05) is 12.0 Å². The van der Waals surface area contributed by atoms with Gasteiger partial charge in [-0.2, -0.15) is 0 Å². The van der Waals surface area contributed by atoms with Gasteiger partial charge in [-0.3, -0.25) is 16.0 Å². The highest BCUT2D eigenvalue weighted by Crippen LogP contribution is 2.25. The number of nitro benzene ring substituents is 1. The molecule has 0 atom stereocenters. The second kappa shape index (κ2) is 6.45. The van der Waals surface area contributed by atoms with Crippen LogP contribution in [0.3, 0.4) is 0 Å². The molecular formula is C10H16N4O4S. The molecule has 0 aliphatic heterocycles. The Hall–Kier alpha value is -1.71. The lowest BCUT2D eigenvalue weighted by Gasteiger charge is -2.10. The van der Waals surface area contributed by atoms with E-state index in [1.54, 1.807) is 0 Å². The zero-order chi connectivity index (χ0) is 14.5. The van der Waals surface area contributed by atoms with E-state index in [0.717, 1.165) is 24.6 Å². The van der Waals surface area contributed by atoms with Crippen LogP contribution in [-0.2, 0) is 10.0 Å². The summed E-state index contributed by atoms with van der Waals surface area (Å²) in [7, 11) is -3.73. The largest absolute Gasteiger partial charge is 0.323 e. The molecule has 0 radical (unpaired) electrons. The number of nitrogens with one attached hydrogen (secondary N) is 2. The molecule has 0 aromatic heterocycles. The van der Waals surface area contributed by atoms with Gasteiger partial charge in [0.05, 0.1) is 10.6 Å². The molecule has 0 unspecified atom stereocenters. The molecule has 1 aromatic rings. The number of nitrogen functional groups attached to an aromatic ring is 1. The second-order valence-electron chi connectivity index (χ2n) is 3.83. The smallest absolute Gasteiger partial charge is 0.271 e. The van der Waals surface area contributed by atoms with Crippen LogP contribution in [-0.4, -0.2) is 19.9 Å². The second-order valence-corrected chi connectivity index (χ2v) is 5.57. The maximum absolute atomic E-state index is 12.0. The van der Waals surface area contributed by atoms with E-state index in [4.69, 9.17) is 5.84 Å². The van der Waals surface area contributed by atoms with Crippen LogP contribution in [0.1, 0.15) is 19.8 Å². The zero-order valence-electron chi connectivity index (χ0n) is 10.4. The summed E-state index contributed by atoms with van der Waals surface area (Å²) in [4.78, 5) is 9.88. The predicted molar refractivity (Wildman–Crippen MR) is 71.0 cm³/mol. The number of nitro groups is 1. The van der Waals surface area contributed by atoms with Crippen LogP contribution in [0.5, 0.6) is 0 Å². The van der Waals surface area contributed by atoms with Crippen LogP contribution in [0.2, 0.25) is 0 Å². The molecule has 0 aliphatic carbocycles.